The summed E-state index contributed by atoms with van der Waals surface area (Å²) in [4.78, 5) is 19.3. The number of halogens is 4. The summed E-state index contributed by atoms with van der Waals surface area (Å²) in [5.74, 6) is 0.161. The summed E-state index contributed by atoms with van der Waals surface area (Å²) in [5, 5.41) is 7.55. The summed E-state index contributed by atoms with van der Waals surface area (Å²) in [6.07, 6.45) is 3.80. The van der Waals surface area contributed by atoms with Gasteiger partial charge in [-0.2, -0.15) is 0 Å². The maximum absolute atomic E-state index is 12.7. The van der Waals surface area contributed by atoms with Gasteiger partial charge in [-0.25, -0.2) is 4.98 Å². The molecule has 27 heavy (non-hydrogen) atoms. The van der Waals surface area contributed by atoms with Crippen molar-refractivity contribution in [2.75, 3.05) is 13.1 Å². The van der Waals surface area contributed by atoms with E-state index in [1.807, 2.05) is 16.3 Å². The Kier molecular flexibility index (Phi) is 8.22. The third-order valence-electron chi connectivity index (χ3n) is 4.92. The molecule has 0 spiro atoms. The van der Waals surface area contributed by atoms with E-state index in [0.29, 0.717) is 28.5 Å². The predicted octanol–water partition coefficient (Wildman–Crippen LogP) is 4.86. The van der Waals surface area contributed by atoms with E-state index >= 15 is 0 Å². The number of nitrogens with zero attached hydrogens (tertiary/aromatic N) is 2. The third kappa shape index (κ3) is 5.28. The molecule has 2 bridgehead atoms. The van der Waals surface area contributed by atoms with Crippen LogP contribution in [0.15, 0.2) is 23.6 Å². The Morgan fingerprint density at radius 3 is 2.78 bits per heavy atom. The highest BCUT2D eigenvalue weighted by Gasteiger charge is 2.31. The number of thiazole rings is 1. The molecule has 9 heteroatoms. The molecule has 2 atom stereocenters. The van der Waals surface area contributed by atoms with Crippen molar-refractivity contribution >= 4 is 65.3 Å². The van der Waals surface area contributed by atoms with Crippen LogP contribution >= 0.6 is 59.4 Å². The molecule has 2 fully saturated rings. The molecule has 1 aromatic carbocycles. The molecule has 148 valence electrons. The summed E-state index contributed by atoms with van der Waals surface area (Å²) in [7, 11) is 0. The van der Waals surface area contributed by atoms with Crippen LogP contribution in [0.2, 0.25) is 10.0 Å². The van der Waals surface area contributed by atoms with Crippen LogP contribution in [0.5, 0.6) is 0 Å². The first kappa shape index (κ1) is 22.7. The van der Waals surface area contributed by atoms with E-state index in [2.05, 4.69) is 10.3 Å². The van der Waals surface area contributed by atoms with Gasteiger partial charge in [0.2, 0.25) is 5.91 Å². The fourth-order valence-corrected chi connectivity index (χ4v) is 5.02. The Hall–Kier alpha value is -0.560. The molecule has 0 saturated carbocycles. The van der Waals surface area contributed by atoms with E-state index in [0.717, 1.165) is 35.8 Å². The van der Waals surface area contributed by atoms with E-state index < -0.39 is 0 Å². The van der Waals surface area contributed by atoms with Gasteiger partial charge >= 0.3 is 0 Å². The van der Waals surface area contributed by atoms with Crippen molar-refractivity contribution in [1.82, 2.24) is 15.2 Å². The second-order valence-corrected chi connectivity index (χ2v) is 8.41. The predicted molar refractivity (Wildman–Crippen MR) is 117 cm³/mol. The highest BCUT2D eigenvalue weighted by Crippen LogP contribution is 2.32. The summed E-state index contributed by atoms with van der Waals surface area (Å²) in [6, 6.07) is 6.42. The van der Waals surface area contributed by atoms with E-state index in [1.54, 1.807) is 12.1 Å². The van der Waals surface area contributed by atoms with Gasteiger partial charge in [-0.3, -0.25) is 4.79 Å². The monoisotopic (exact) mass is 467 g/mol. The fourth-order valence-electron chi connectivity index (χ4n) is 3.61. The zero-order valence-corrected chi connectivity index (χ0v) is 18.5. The minimum atomic E-state index is 0. The van der Waals surface area contributed by atoms with Gasteiger partial charge < -0.3 is 10.2 Å². The molecular formula is C18H21Cl4N3OS. The van der Waals surface area contributed by atoms with Crippen molar-refractivity contribution in [1.29, 1.82) is 0 Å². The number of carbonyl (C=O) groups is 1. The molecule has 0 radical (unpaired) electrons. The van der Waals surface area contributed by atoms with Crippen LogP contribution in [0.4, 0.5) is 0 Å². The molecule has 2 unspecified atom stereocenters. The molecule has 2 aromatic rings. The van der Waals surface area contributed by atoms with Gasteiger partial charge in [-0.05, 0) is 37.5 Å². The Morgan fingerprint density at radius 1 is 1.22 bits per heavy atom. The molecule has 1 amide bonds. The van der Waals surface area contributed by atoms with Crippen LogP contribution < -0.4 is 5.32 Å². The maximum Gasteiger partial charge on any atom is 0.228 e. The summed E-state index contributed by atoms with van der Waals surface area (Å²) in [6.45, 7) is 1.66. The second-order valence-electron chi connectivity index (χ2n) is 6.71. The molecule has 2 aliphatic heterocycles. The largest absolute Gasteiger partial charge is 0.341 e. The standard InChI is InChI=1S/C18H19Cl2N3OS.2ClH/c19-11-1-4-15(16(20)7-11)18-22-14(10-25-18)8-17(24)23-6-5-12-2-3-13(9-23)21-12;;/h1,4,7,10,12-13,21H,2-3,5-6,8-9H2;2*1H. The van der Waals surface area contributed by atoms with Crippen molar-refractivity contribution in [3.8, 4) is 10.6 Å². The van der Waals surface area contributed by atoms with Crippen LogP contribution in [-0.4, -0.2) is 41.0 Å². The van der Waals surface area contributed by atoms with Crippen LogP contribution in [-0.2, 0) is 11.2 Å². The fraction of sp³-hybridized carbons (Fsp3) is 0.444. The van der Waals surface area contributed by atoms with Crippen molar-refractivity contribution in [2.45, 2.75) is 37.8 Å². The highest BCUT2D eigenvalue weighted by molar-refractivity contribution is 7.13. The van der Waals surface area contributed by atoms with Gasteiger partial charge in [0.15, 0.2) is 0 Å². The lowest BCUT2D eigenvalue weighted by atomic mass is 10.1. The number of fused-ring (bicyclic) bond motifs is 2. The van der Waals surface area contributed by atoms with Gasteiger partial charge in [0.25, 0.3) is 0 Å². The summed E-state index contributed by atoms with van der Waals surface area (Å²) < 4.78 is 0. The molecular weight excluding hydrogens is 448 g/mol. The maximum atomic E-state index is 12.7. The topological polar surface area (TPSA) is 45.2 Å². The Bertz CT molecular complexity index is 801. The number of amides is 1. The number of carbonyl (C=O) groups excluding carboxylic acids is 1. The first-order chi connectivity index (χ1) is 12.1. The normalized spacial score (nSPS) is 21.2. The van der Waals surface area contributed by atoms with E-state index in [-0.39, 0.29) is 30.7 Å². The summed E-state index contributed by atoms with van der Waals surface area (Å²) in [5.41, 5.74) is 1.66. The van der Waals surface area contributed by atoms with E-state index in [9.17, 15) is 4.79 Å². The molecule has 2 aliphatic rings. The Balaban J connectivity index is 0.00000131. The van der Waals surface area contributed by atoms with Crippen molar-refractivity contribution in [3.63, 3.8) is 0 Å². The molecule has 1 aromatic heterocycles. The zero-order chi connectivity index (χ0) is 17.4. The van der Waals surface area contributed by atoms with Gasteiger partial charge in [-0.15, -0.1) is 36.2 Å². The lowest BCUT2D eigenvalue weighted by Gasteiger charge is -2.24. The highest BCUT2D eigenvalue weighted by atomic mass is 35.5. The van der Waals surface area contributed by atoms with Gasteiger partial charge in [0.1, 0.15) is 5.01 Å². The minimum Gasteiger partial charge on any atom is -0.341 e. The number of nitrogens with one attached hydrogen (secondary N) is 1. The minimum absolute atomic E-state index is 0. The molecule has 1 N–H and O–H groups in total. The lowest BCUT2D eigenvalue weighted by molar-refractivity contribution is -0.130. The smallest absolute Gasteiger partial charge is 0.228 e. The molecule has 4 rings (SSSR count). The van der Waals surface area contributed by atoms with Crippen LogP contribution in [0.25, 0.3) is 10.6 Å². The average Bonchev–Trinajstić information content (AvgIpc) is 3.13. The van der Waals surface area contributed by atoms with Gasteiger partial charge in [0.05, 0.1) is 17.1 Å². The molecule has 2 saturated heterocycles. The third-order valence-corrected chi connectivity index (χ3v) is 6.39. The van der Waals surface area contributed by atoms with Crippen LogP contribution in [0.1, 0.15) is 25.0 Å². The zero-order valence-electron chi connectivity index (χ0n) is 14.5. The Labute approximate surface area is 185 Å². The molecule has 0 aliphatic carbocycles. The number of hydrogen-bond donors (Lipinski definition) is 1. The number of hydrogen-bond acceptors (Lipinski definition) is 4. The van der Waals surface area contributed by atoms with Crippen molar-refractivity contribution in [3.05, 3.63) is 39.3 Å². The van der Waals surface area contributed by atoms with E-state index in [4.69, 9.17) is 23.2 Å². The van der Waals surface area contributed by atoms with Crippen LogP contribution in [0.3, 0.4) is 0 Å². The van der Waals surface area contributed by atoms with Crippen LogP contribution in [0, 0.1) is 0 Å². The average molecular weight is 469 g/mol. The first-order valence-corrected chi connectivity index (χ1v) is 10.2. The molecule has 3 heterocycles. The number of aromatic nitrogens is 1. The quantitative estimate of drug-likeness (QED) is 0.699. The SMILES string of the molecule is Cl.Cl.O=C(Cc1csc(-c2ccc(Cl)cc2Cl)n1)N1CCC2CCC(C1)N2. The van der Waals surface area contributed by atoms with Crippen molar-refractivity contribution < 1.29 is 4.79 Å². The number of benzene rings is 1. The van der Waals surface area contributed by atoms with Gasteiger partial charge in [0, 0.05) is 41.1 Å². The number of likely N-dealkylation sites (tertiary alicyclic amines) is 1. The molecule has 4 nitrogen and oxygen atoms in total. The van der Waals surface area contributed by atoms with Gasteiger partial charge in [-0.1, -0.05) is 23.2 Å². The van der Waals surface area contributed by atoms with Crippen molar-refractivity contribution in [2.24, 2.45) is 0 Å². The van der Waals surface area contributed by atoms with E-state index in [1.165, 1.54) is 24.2 Å². The number of rotatable bonds is 3. The Morgan fingerprint density at radius 2 is 2.00 bits per heavy atom. The first-order valence-electron chi connectivity index (χ1n) is 8.52. The lowest BCUT2D eigenvalue weighted by Crippen LogP contribution is -2.39. The summed E-state index contributed by atoms with van der Waals surface area (Å²) >= 11 is 13.7. The second kappa shape index (κ2) is 9.77.